The molecule has 0 bridgehead atoms. The van der Waals surface area contributed by atoms with E-state index in [1.165, 1.54) is 0 Å². The molecule has 2 rings (SSSR count). The van der Waals surface area contributed by atoms with Crippen LogP contribution >= 0.6 is 0 Å². The molecule has 0 saturated carbocycles. The monoisotopic (exact) mass is 359 g/mol. The molecule has 0 aliphatic heterocycles. The zero-order valence-corrected chi connectivity index (χ0v) is 15.9. The number of nitrogens with zero attached hydrogens (tertiary/aromatic N) is 3. The third-order valence-electron chi connectivity index (χ3n) is 3.77. The number of guanidine groups is 1. The van der Waals surface area contributed by atoms with Crippen molar-refractivity contribution in [1.29, 1.82) is 0 Å². The van der Waals surface area contributed by atoms with Crippen molar-refractivity contribution < 1.29 is 9.84 Å². The molecule has 7 nitrogen and oxygen atoms in total. The van der Waals surface area contributed by atoms with Gasteiger partial charge in [0.2, 0.25) is 0 Å². The molecule has 1 aromatic carbocycles. The Morgan fingerprint density at radius 3 is 2.54 bits per heavy atom. The molecule has 7 heteroatoms. The summed E-state index contributed by atoms with van der Waals surface area (Å²) in [5, 5.41) is 20.9. The molecule has 26 heavy (non-hydrogen) atoms. The van der Waals surface area contributed by atoms with Crippen LogP contribution in [0.2, 0.25) is 0 Å². The summed E-state index contributed by atoms with van der Waals surface area (Å²) in [7, 11) is 1.89. The number of aryl methyl sites for hydroxylation is 1. The highest BCUT2D eigenvalue weighted by molar-refractivity contribution is 5.79. The predicted octanol–water partition coefficient (Wildman–Crippen LogP) is 2.00. The minimum absolute atomic E-state index is 0.130. The van der Waals surface area contributed by atoms with Crippen LogP contribution in [0.15, 0.2) is 41.5 Å². The van der Waals surface area contributed by atoms with Gasteiger partial charge in [-0.15, -0.1) is 0 Å². The third kappa shape index (κ3) is 6.07. The zero-order valence-electron chi connectivity index (χ0n) is 15.9. The first-order valence-corrected chi connectivity index (χ1v) is 8.93. The van der Waals surface area contributed by atoms with Gasteiger partial charge in [0, 0.05) is 26.3 Å². The van der Waals surface area contributed by atoms with Gasteiger partial charge in [0.05, 0.1) is 24.4 Å². The predicted molar refractivity (Wildman–Crippen MR) is 103 cm³/mol. The van der Waals surface area contributed by atoms with E-state index < -0.39 is 6.10 Å². The van der Waals surface area contributed by atoms with Gasteiger partial charge in [0.1, 0.15) is 5.75 Å². The van der Waals surface area contributed by atoms with E-state index in [1.54, 1.807) is 10.9 Å². The van der Waals surface area contributed by atoms with Crippen molar-refractivity contribution in [2.75, 3.05) is 13.1 Å². The molecule has 1 atom stereocenters. The molecule has 142 valence electrons. The van der Waals surface area contributed by atoms with Crippen molar-refractivity contribution in [3.8, 4) is 5.75 Å². The van der Waals surface area contributed by atoms with E-state index in [4.69, 9.17) is 4.74 Å². The second kappa shape index (κ2) is 9.82. The van der Waals surface area contributed by atoms with E-state index in [9.17, 15) is 5.11 Å². The SMILES string of the molecule is CCNC(=NCc1ccnn1C)NCC(O)c1ccc(OC(C)C)cc1. The number of nitrogens with one attached hydrogen (secondary N) is 2. The Hall–Kier alpha value is -2.54. The standard InChI is InChI=1S/C19H29N5O2/c1-5-20-19(21-12-16-10-11-23-24(16)4)22-13-18(25)15-6-8-17(9-7-15)26-14(2)3/h6-11,14,18,25H,5,12-13H2,1-4H3,(H2,20,21,22). The first-order chi connectivity index (χ1) is 12.5. The fraction of sp³-hybridized carbons (Fsp3) is 0.474. The topological polar surface area (TPSA) is 83.7 Å². The van der Waals surface area contributed by atoms with Gasteiger partial charge in [-0.05, 0) is 44.5 Å². The van der Waals surface area contributed by atoms with Crippen LogP contribution in [0.5, 0.6) is 5.75 Å². The number of hydrogen-bond donors (Lipinski definition) is 3. The number of hydrogen-bond acceptors (Lipinski definition) is 4. The van der Waals surface area contributed by atoms with Crippen molar-refractivity contribution in [3.63, 3.8) is 0 Å². The zero-order chi connectivity index (χ0) is 18.9. The smallest absolute Gasteiger partial charge is 0.191 e. The van der Waals surface area contributed by atoms with Gasteiger partial charge in [-0.3, -0.25) is 4.68 Å². The van der Waals surface area contributed by atoms with Crippen LogP contribution in [0.25, 0.3) is 0 Å². The van der Waals surface area contributed by atoms with Crippen molar-refractivity contribution >= 4 is 5.96 Å². The molecule has 0 amide bonds. The van der Waals surface area contributed by atoms with Crippen LogP contribution in [0.4, 0.5) is 0 Å². The number of aromatic nitrogens is 2. The lowest BCUT2D eigenvalue weighted by molar-refractivity contribution is 0.180. The van der Waals surface area contributed by atoms with Crippen molar-refractivity contribution in [2.24, 2.45) is 12.0 Å². The summed E-state index contributed by atoms with van der Waals surface area (Å²) < 4.78 is 7.42. The largest absolute Gasteiger partial charge is 0.491 e. The fourth-order valence-electron chi connectivity index (χ4n) is 2.41. The average Bonchev–Trinajstić information content (AvgIpc) is 3.02. The van der Waals surface area contributed by atoms with E-state index in [1.807, 2.05) is 58.2 Å². The second-order valence-corrected chi connectivity index (χ2v) is 6.27. The summed E-state index contributed by atoms with van der Waals surface area (Å²) in [6, 6.07) is 9.44. The summed E-state index contributed by atoms with van der Waals surface area (Å²) in [4.78, 5) is 4.53. The van der Waals surface area contributed by atoms with E-state index in [0.717, 1.165) is 23.6 Å². The molecule has 3 N–H and O–H groups in total. The first-order valence-electron chi connectivity index (χ1n) is 8.93. The molecule has 0 saturated heterocycles. The van der Waals surface area contributed by atoms with Crippen LogP contribution in [0.3, 0.4) is 0 Å². The van der Waals surface area contributed by atoms with E-state index in [-0.39, 0.29) is 6.10 Å². The Morgan fingerprint density at radius 1 is 1.23 bits per heavy atom. The normalized spacial score (nSPS) is 12.9. The minimum Gasteiger partial charge on any atom is -0.491 e. The van der Waals surface area contributed by atoms with Crippen LogP contribution in [-0.2, 0) is 13.6 Å². The molecule has 0 spiro atoms. The lowest BCUT2D eigenvalue weighted by atomic mass is 10.1. The molecule has 1 unspecified atom stereocenters. The van der Waals surface area contributed by atoms with Gasteiger partial charge < -0.3 is 20.5 Å². The van der Waals surface area contributed by atoms with Gasteiger partial charge in [-0.1, -0.05) is 12.1 Å². The molecule has 2 aromatic rings. The molecule has 0 aliphatic rings. The molecular formula is C19H29N5O2. The summed E-state index contributed by atoms with van der Waals surface area (Å²) >= 11 is 0. The lowest BCUT2D eigenvalue weighted by Gasteiger charge is -2.16. The highest BCUT2D eigenvalue weighted by Crippen LogP contribution is 2.18. The number of aliphatic imine (C=N–C) groups is 1. The lowest BCUT2D eigenvalue weighted by Crippen LogP contribution is -2.39. The highest BCUT2D eigenvalue weighted by Gasteiger charge is 2.09. The van der Waals surface area contributed by atoms with Crippen LogP contribution < -0.4 is 15.4 Å². The summed E-state index contributed by atoms with van der Waals surface area (Å²) in [6.45, 7) is 7.60. The number of ether oxygens (including phenoxy) is 1. The quantitative estimate of drug-likeness (QED) is 0.496. The van der Waals surface area contributed by atoms with Gasteiger partial charge in [-0.25, -0.2) is 4.99 Å². The van der Waals surface area contributed by atoms with Gasteiger partial charge in [0.25, 0.3) is 0 Å². The van der Waals surface area contributed by atoms with Gasteiger partial charge in [0.15, 0.2) is 5.96 Å². The van der Waals surface area contributed by atoms with E-state index in [0.29, 0.717) is 19.0 Å². The number of aliphatic hydroxyl groups excluding tert-OH is 1. The van der Waals surface area contributed by atoms with Gasteiger partial charge >= 0.3 is 0 Å². The van der Waals surface area contributed by atoms with Crippen LogP contribution in [0, 0.1) is 0 Å². The Balaban J connectivity index is 1.91. The molecule has 1 aromatic heterocycles. The molecule has 0 radical (unpaired) electrons. The Bertz CT molecular complexity index is 694. The number of benzene rings is 1. The van der Waals surface area contributed by atoms with E-state index >= 15 is 0 Å². The van der Waals surface area contributed by atoms with Crippen LogP contribution in [0.1, 0.15) is 38.1 Å². The van der Waals surface area contributed by atoms with E-state index in [2.05, 4.69) is 20.7 Å². The maximum atomic E-state index is 10.4. The summed E-state index contributed by atoms with van der Waals surface area (Å²) in [5.74, 6) is 1.46. The highest BCUT2D eigenvalue weighted by atomic mass is 16.5. The van der Waals surface area contributed by atoms with Crippen molar-refractivity contribution in [1.82, 2.24) is 20.4 Å². The number of aliphatic hydroxyl groups is 1. The molecule has 0 fully saturated rings. The average molecular weight is 359 g/mol. The molecule has 1 heterocycles. The van der Waals surface area contributed by atoms with Crippen molar-refractivity contribution in [3.05, 3.63) is 47.8 Å². The Labute approximate surface area is 155 Å². The Kier molecular flexibility index (Phi) is 7.47. The third-order valence-corrected chi connectivity index (χ3v) is 3.77. The van der Waals surface area contributed by atoms with Crippen LogP contribution in [-0.4, -0.2) is 40.0 Å². The molecule has 0 aliphatic carbocycles. The summed E-state index contributed by atoms with van der Waals surface area (Å²) in [6.07, 6.45) is 1.25. The van der Waals surface area contributed by atoms with Gasteiger partial charge in [-0.2, -0.15) is 5.10 Å². The first kappa shape index (κ1) is 19.8. The maximum absolute atomic E-state index is 10.4. The minimum atomic E-state index is -0.636. The molecular weight excluding hydrogens is 330 g/mol. The Morgan fingerprint density at radius 2 is 1.96 bits per heavy atom. The van der Waals surface area contributed by atoms with Crippen molar-refractivity contribution in [2.45, 2.75) is 39.5 Å². The second-order valence-electron chi connectivity index (χ2n) is 6.27. The fourth-order valence-corrected chi connectivity index (χ4v) is 2.41. The summed E-state index contributed by atoms with van der Waals surface area (Å²) in [5.41, 5.74) is 1.85. The number of rotatable bonds is 8. The maximum Gasteiger partial charge on any atom is 0.191 e.